The molecule has 1 aliphatic heterocycles. The van der Waals surface area contributed by atoms with Crippen molar-refractivity contribution < 1.29 is 9.69 Å². The lowest BCUT2D eigenvalue weighted by molar-refractivity contribution is -0.890. The summed E-state index contributed by atoms with van der Waals surface area (Å²) in [5.74, 6) is 0.150. The smallest absolute Gasteiger partial charge is 0.279 e. The third-order valence-corrected chi connectivity index (χ3v) is 4.16. The van der Waals surface area contributed by atoms with Crippen molar-refractivity contribution in [1.82, 2.24) is 0 Å². The second-order valence-corrected chi connectivity index (χ2v) is 6.16. The summed E-state index contributed by atoms with van der Waals surface area (Å²) in [4.78, 5) is 13.7. The largest absolute Gasteiger partial charge is 0.327 e. The van der Waals surface area contributed by atoms with Gasteiger partial charge >= 0.3 is 0 Å². The van der Waals surface area contributed by atoms with Gasteiger partial charge in [0.05, 0.1) is 13.1 Å². The van der Waals surface area contributed by atoms with Crippen molar-refractivity contribution in [1.29, 1.82) is 0 Å². The number of quaternary nitrogens is 1. The van der Waals surface area contributed by atoms with Crippen LogP contribution in [-0.2, 0) is 4.79 Å². The highest BCUT2D eigenvalue weighted by Gasteiger charge is 2.17. The molecule has 0 saturated carbocycles. The molecule has 20 heavy (non-hydrogen) atoms. The highest BCUT2D eigenvalue weighted by molar-refractivity contribution is 5.93. The third-order valence-electron chi connectivity index (χ3n) is 4.16. The van der Waals surface area contributed by atoms with Crippen molar-refractivity contribution in [2.75, 3.05) is 25.0 Å². The van der Waals surface area contributed by atoms with E-state index in [1.54, 1.807) is 0 Å². The summed E-state index contributed by atoms with van der Waals surface area (Å²) in [5, 5.41) is 3.11. The molecule has 0 unspecified atom stereocenters. The molecular formula is C17H27N2O+. The van der Waals surface area contributed by atoms with E-state index in [0.717, 1.165) is 29.9 Å². The maximum absolute atomic E-state index is 12.3. The van der Waals surface area contributed by atoms with E-state index in [2.05, 4.69) is 38.2 Å². The fraction of sp³-hybridized carbons (Fsp3) is 0.588. The summed E-state index contributed by atoms with van der Waals surface area (Å²) in [6, 6.07) is 4.25. The van der Waals surface area contributed by atoms with Crippen LogP contribution in [0.25, 0.3) is 0 Å². The molecule has 3 nitrogen and oxygen atoms in total. The fourth-order valence-corrected chi connectivity index (χ4v) is 3.19. The summed E-state index contributed by atoms with van der Waals surface area (Å²) in [6.07, 6.45) is 5.15. The highest BCUT2D eigenvalue weighted by atomic mass is 16.2. The van der Waals surface area contributed by atoms with Gasteiger partial charge in [0.1, 0.15) is 0 Å². The van der Waals surface area contributed by atoms with Gasteiger partial charge < -0.3 is 10.2 Å². The maximum Gasteiger partial charge on any atom is 0.279 e. The lowest BCUT2D eigenvalue weighted by atomic mass is 10.1. The Morgan fingerprint density at radius 3 is 2.15 bits per heavy atom. The summed E-state index contributed by atoms with van der Waals surface area (Å²) in [6.45, 7) is 9.10. The molecule has 1 aromatic rings. The van der Waals surface area contributed by atoms with Crippen LogP contribution in [0.3, 0.4) is 0 Å². The van der Waals surface area contributed by atoms with Gasteiger partial charge in [-0.25, -0.2) is 0 Å². The molecule has 0 spiro atoms. The second-order valence-electron chi connectivity index (χ2n) is 6.16. The van der Waals surface area contributed by atoms with Crippen molar-refractivity contribution in [3.8, 4) is 0 Å². The molecular weight excluding hydrogens is 248 g/mol. The molecule has 2 N–H and O–H groups in total. The SMILES string of the molecule is Cc1cc(C)c(NC(=O)C[NH+]2CCCCCC2)c(C)c1. The Balaban J connectivity index is 1.97. The van der Waals surface area contributed by atoms with E-state index < -0.39 is 0 Å². The van der Waals surface area contributed by atoms with Crippen LogP contribution in [0.4, 0.5) is 5.69 Å². The average Bonchev–Trinajstić information content (AvgIpc) is 2.62. The van der Waals surface area contributed by atoms with E-state index in [9.17, 15) is 4.79 Å². The normalized spacial score (nSPS) is 16.8. The van der Waals surface area contributed by atoms with Crippen LogP contribution in [0.1, 0.15) is 42.4 Å². The number of carbonyl (C=O) groups is 1. The first kappa shape index (κ1) is 15.0. The van der Waals surface area contributed by atoms with Crippen molar-refractivity contribution in [3.63, 3.8) is 0 Å². The number of hydrogen-bond acceptors (Lipinski definition) is 1. The van der Waals surface area contributed by atoms with Gasteiger partial charge in [-0.05, 0) is 57.6 Å². The van der Waals surface area contributed by atoms with Gasteiger partial charge in [-0.3, -0.25) is 4.79 Å². The van der Waals surface area contributed by atoms with Crippen LogP contribution in [0.15, 0.2) is 12.1 Å². The predicted molar refractivity (Wildman–Crippen MR) is 83.3 cm³/mol. The molecule has 0 bridgehead atoms. The number of aryl methyl sites for hydroxylation is 3. The molecule has 1 heterocycles. The van der Waals surface area contributed by atoms with E-state index in [4.69, 9.17) is 0 Å². The minimum Gasteiger partial charge on any atom is -0.327 e. The standard InChI is InChI=1S/C17H26N2O/c1-13-10-14(2)17(15(3)11-13)18-16(20)12-19-8-6-4-5-7-9-19/h10-11H,4-9,12H2,1-3H3,(H,18,20)/p+1. The van der Waals surface area contributed by atoms with Gasteiger partial charge in [0.25, 0.3) is 5.91 Å². The Bertz CT molecular complexity index is 451. The number of rotatable bonds is 3. The Kier molecular flexibility index (Phi) is 5.18. The Labute approximate surface area is 122 Å². The zero-order valence-electron chi connectivity index (χ0n) is 13.0. The average molecular weight is 275 g/mol. The number of benzene rings is 1. The lowest BCUT2D eigenvalue weighted by Crippen LogP contribution is -3.12. The molecule has 2 rings (SSSR count). The first-order valence-electron chi connectivity index (χ1n) is 7.77. The summed E-state index contributed by atoms with van der Waals surface area (Å²) >= 11 is 0. The minimum atomic E-state index is 0.150. The van der Waals surface area contributed by atoms with E-state index in [-0.39, 0.29) is 5.91 Å². The second kappa shape index (κ2) is 6.89. The molecule has 0 radical (unpaired) electrons. The first-order chi connectivity index (χ1) is 9.56. The number of nitrogens with one attached hydrogen (secondary N) is 2. The van der Waals surface area contributed by atoms with E-state index >= 15 is 0 Å². The van der Waals surface area contributed by atoms with Gasteiger partial charge in [0.2, 0.25) is 0 Å². The molecule has 1 fully saturated rings. The minimum absolute atomic E-state index is 0.150. The van der Waals surface area contributed by atoms with Gasteiger partial charge in [0.15, 0.2) is 6.54 Å². The van der Waals surface area contributed by atoms with Gasteiger partial charge in [-0.2, -0.15) is 0 Å². The number of hydrogen-bond donors (Lipinski definition) is 2. The van der Waals surface area contributed by atoms with Gasteiger partial charge in [0, 0.05) is 5.69 Å². The maximum atomic E-state index is 12.3. The van der Waals surface area contributed by atoms with Crippen LogP contribution in [0, 0.1) is 20.8 Å². The summed E-state index contributed by atoms with van der Waals surface area (Å²) in [5.41, 5.74) is 4.55. The van der Waals surface area contributed by atoms with Gasteiger partial charge in [-0.15, -0.1) is 0 Å². The highest BCUT2D eigenvalue weighted by Crippen LogP contribution is 2.21. The molecule has 1 aliphatic rings. The molecule has 0 atom stereocenters. The zero-order chi connectivity index (χ0) is 14.5. The summed E-state index contributed by atoms with van der Waals surface area (Å²) < 4.78 is 0. The van der Waals surface area contributed by atoms with Gasteiger partial charge in [-0.1, -0.05) is 17.7 Å². The summed E-state index contributed by atoms with van der Waals surface area (Å²) in [7, 11) is 0. The van der Waals surface area contributed by atoms with Crippen molar-refractivity contribution in [2.45, 2.75) is 46.5 Å². The van der Waals surface area contributed by atoms with Crippen LogP contribution >= 0.6 is 0 Å². The monoisotopic (exact) mass is 275 g/mol. The van der Waals surface area contributed by atoms with E-state index in [1.165, 1.54) is 36.1 Å². The molecule has 0 aromatic heterocycles. The van der Waals surface area contributed by atoms with Crippen molar-refractivity contribution in [3.05, 3.63) is 28.8 Å². The van der Waals surface area contributed by atoms with Crippen LogP contribution < -0.4 is 10.2 Å². The van der Waals surface area contributed by atoms with E-state index in [1.807, 2.05) is 0 Å². The topological polar surface area (TPSA) is 33.5 Å². The Morgan fingerprint density at radius 2 is 1.60 bits per heavy atom. The van der Waals surface area contributed by atoms with Crippen molar-refractivity contribution >= 4 is 11.6 Å². The molecule has 3 heteroatoms. The van der Waals surface area contributed by atoms with Crippen LogP contribution in [0.5, 0.6) is 0 Å². The lowest BCUT2D eigenvalue weighted by Gasteiger charge is -2.18. The number of carbonyl (C=O) groups excluding carboxylic acids is 1. The number of amides is 1. The zero-order valence-corrected chi connectivity index (χ0v) is 13.0. The van der Waals surface area contributed by atoms with Crippen LogP contribution in [-0.4, -0.2) is 25.5 Å². The Morgan fingerprint density at radius 1 is 1.05 bits per heavy atom. The first-order valence-corrected chi connectivity index (χ1v) is 7.77. The number of anilines is 1. The van der Waals surface area contributed by atoms with Crippen molar-refractivity contribution in [2.24, 2.45) is 0 Å². The molecule has 1 saturated heterocycles. The molecule has 110 valence electrons. The Hall–Kier alpha value is -1.35. The molecule has 1 aromatic carbocycles. The fourth-order valence-electron chi connectivity index (χ4n) is 3.19. The third kappa shape index (κ3) is 4.07. The number of likely N-dealkylation sites (tertiary alicyclic amines) is 1. The molecule has 0 aliphatic carbocycles. The quantitative estimate of drug-likeness (QED) is 0.869. The van der Waals surface area contributed by atoms with E-state index in [0.29, 0.717) is 6.54 Å². The molecule has 1 amide bonds. The predicted octanol–water partition coefficient (Wildman–Crippen LogP) is 2.01. The van der Waals surface area contributed by atoms with Crippen LogP contribution in [0.2, 0.25) is 0 Å².